The first-order valence-corrected chi connectivity index (χ1v) is 3.43. The number of aromatic nitrogens is 2. The quantitative estimate of drug-likeness (QED) is 0.419. The van der Waals surface area contributed by atoms with Crippen molar-refractivity contribution in [1.29, 1.82) is 0 Å². The van der Waals surface area contributed by atoms with Crippen molar-refractivity contribution in [1.82, 2.24) is 10.2 Å². The molecular weight excluding hydrogens is 178 g/mol. The van der Waals surface area contributed by atoms with Crippen LogP contribution in [0.25, 0.3) is 0 Å². The number of carbonyl (C=O) groups is 1. The molecule has 1 aromatic heterocycles. The monoisotopic (exact) mass is 185 g/mol. The van der Waals surface area contributed by atoms with E-state index in [1.54, 1.807) is 0 Å². The normalized spacial score (nSPS) is 12.1. The van der Waals surface area contributed by atoms with E-state index < -0.39 is 11.0 Å². The molecule has 0 amide bonds. The lowest BCUT2D eigenvalue weighted by Gasteiger charge is -2.04. The van der Waals surface area contributed by atoms with Gasteiger partial charge in [-0.2, -0.15) is 5.10 Å². The van der Waals surface area contributed by atoms with Crippen molar-refractivity contribution in [2.24, 2.45) is 0 Å². The van der Waals surface area contributed by atoms with E-state index in [0.29, 0.717) is 0 Å². The molecule has 13 heavy (non-hydrogen) atoms. The molecule has 1 atom stereocenters. The third-order valence-electron chi connectivity index (χ3n) is 1.51. The lowest BCUT2D eigenvalue weighted by molar-refractivity contribution is -0.386. The van der Waals surface area contributed by atoms with Crippen molar-refractivity contribution >= 4 is 12.2 Å². The van der Waals surface area contributed by atoms with E-state index in [2.05, 4.69) is 14.9 Å². The second-order valence-corrected chi connectivity index (χ2v) is 2.30. The fourth-order valence-corrected chi connectivity index (χ4v) is 0.886. The maximum atomic E-state index is 10.4. The topological polar surface area (TPSA) is 98.1 Å². The van der Waals surface area contributed by atoms with Crippen molar-refractivity contribution in [3.05, 3.63) is 22.0 Å². The van der Waals surface area contributed by atoms with Crippen LogP contribution in [0.15, 0.2) is 6.20 Å². The molecule has 70 valence electrons. The molecule has 1 unspecified atom stereocenters. The molecule has 7 nitrogen and oxygen atoms in total. The largest absolute Gasteiger partial charge is 0.458 e. The molecule has 1 rings (SSSR count). The van der Waals surface area contributed by atoms with Gasteiger partial charge >= 0.3 is 5.69 Å². The summed E-state index contributed by atoms with van der Waals surface area (Å²) in [5.41, 5.74) is -0.00792. The molecule has 1 aromatic rings. The highest BCUT2D eigenvalue weighted by molar-refractivity contribution is 5.40. The second-order valence-electron chi connectivity index (χ2n) is 2.30. The second kappa shape index (κ2) is 3.65. The Bertz CT molecular complexity index is 321. The standard InChI is InChI=1S/C6H7N3O4/c1-4(13-3-10)6-5(9(11)12)2-7-8-6/h2-4H,1H3,(H,7,8). The molecule has 0 saturated carbocycles. The minimum atomic E-state index is -0.694. The average molecular weight is 185 g/mol. The number of rotatable bonds is 4. The molecule has 0 aliphatic carbocycles. The molecule has 0 aliphatic rings. The van der Waals surface area contributed by atoms with Crippen LogP contribution in [0.3, 0.4) is 0 Å². The van der Waals surface area contributed by atoms with E-state index in [1.165, 1.54) is 6.92 Å². The van der Waals surface area contributed by atoms with Gasteiger partial charge < -0.3 is 4.74 Å². The molecule has 0 aromatic carbocycles. The van der Waals surface area contributed by atoms with Crippen LogP contribution < -0.4 is 0 Å². The van der Waals surface area contributed by atoms with Crippen LogP contribution in [0, 0.1) is 10.1 Å². The zero-order chi connectivity index (χ0) is 9.84. The van der Waals surface area contributed by atoms with E-state index in [1.807, 2.05) is 0 Å². The summed E-state index contributed by atoms with van der Waals surface area (Å²) in [5.74, 6) is 0. The van der Waals surface area contributed by atoms with E-state index in [4.69, 9.17) is 0 Å². The molecule has 0 spiro atoms. The van der Waals surface area contributed by atoms with Crippen molar-refractivity contribution in [3.8, 4) is 0 Å². The number of hydrogen-bond acceptors (Lipinski definition) is 5. The van der Waals surface area contributed by atoms with Gasteiger partial charge in [-0.05, 0) is 6.92 Å². The molecule has 0 fully saturated rings. The van der Waals surface area contributed by atoms with E-state index in [9.17, 15) is 14.9 Å². The maximum absolute atomic E-state index is 10.4. The highest BCUT2D eigenvalue weighted by Gasteiger charge is 2.21. The Morgan fingerprint density at radius 1 is 1.85 bits per heavy atom. The molecule has 0 aliphatic heterocycles. The first kappa shape index (κ1) is 9.17. The van der Waals surface area contributed by atoms with E-state index >= 15 is 0 Å². The number of carbonyl (C=O) groups excluding carboxylic acids is 1. The van der Waals surface area contributed by atoms with Gasteiger partial charge in [-0.25, -0.2) is 0 Å². The van der Waals surface area contributed by atoms with Crippen molar-refractivity contribution < 1.29 is 14.5 Å². The van der Waals surface area contributed by atoms with Gasteiger partial charge in [0.1, 0.15) is 12.3 Å². The molecule has 1 N–H and O–H groups in total. The highest BCUT2D eigenvalue weighted by Crippen LogP contribution is 2.23. The zero-order valence-electron chi connectivity index (χ0n) is 6.76. The third-order valence-corrected chi connectivity index (χ3v) is 1.51. The summed E-state index contributed by atoms with van der Waals surface area (Å²) >= 11 is 0. The maximum Gasteiger partial charge on any atom is 0.313 e. The van der Waals surface area contributed by atoms with Crippen molar-refractivity contribution in [2.75, 3.05) is 0 Å². The molecule has 1 heterocycles. The van der Waals surface area contributed by atoms with Crippen LogP contribution in [0.2, 0.25) is 0 Å². The van der Waals surface area contributed by atoms with Crippen LogP contribution in [0.4, 0.5) is 5.69 Å². The van der Waals surface area contributed by atoms with Gasteiger partial charge in [-0.3, -0.25) is 20.0 Å². The third kappa shape index (κ3) is 1.81. The molecule has 0 radical (unpaired) electrons. The molecular formula is C6H7N3O4. The SMILES string of the molecule is CC(OC=O)c1[nH]ncc1[N+](=O)[O-]. The van der Waals surface area contributed by atoms with E-state index in [0.717, 1.165) is 6.20 Å². The number of nitrogens with one attached hydrogen (secondary N) is 1. The average Bonchev–Trinajstić information content (AvgIpc) is 2.52. The predicted molar refractivity (Wildman–Crippen MR) is 40.8 cm³/mol. The van der Waals surface area contributed by atoms with Crippen LogP contribution in [-0.4, -0.2) is 21.6 Å². The van der Waals surface area contributed by atoms with Gasteiger partial charge in [-0.1, -0.05) is 0 Å². The Balaban J connectivity index is 2.92. The summed E-state index contributed by atoms with van der Waals surface area (Å²) in [4.78, 5) is 19.8. The first-order chi connectivity index (χ1) is 6.16. The van der Waals surface area contributed by atoms with Crippen molar-refractivity contribution in [3.63, 3.8) is 0 Å². The van der Waals surface area contributed by atoms with Crippen LogP contribution in [-0.2, 0) is 9.53 Å². The number of nitrogens with zero attached hydrogens (tertiary/aromatic N) is 2. The molecule has 7 heteroatoms. The Labute approximate surface area is 72.9 Å². The van der Waals surface area contributed by atoms with Gasteiger partial charge in [0, 0.05) is 0 Å². The van der Waals surface area contributed by atoms with E-state index in [-0.39, 0.29) is 17.9 Å². The summed E-state index contributed by atoms with van der Waals surface area (Å²) < 4.78 is 4.52. The summed E-state index contributed by atoms with van der Waals surface area (Å²) in [7, 11) is 0. The molecule has 0 saturated heterocycles. The Morgan fingerprint density at radius 2 is 2.54 bits per heavy atom. The fourth-order valence-electron chi connectivity index (χ4n) is 0.886. The Kier molecular flexibility index (Phi) is 2.58. The summed E-state index contributed by atoms with van der Waals surface area (Å²) in [6.07, 6.45) is 0.375. The Hall–Kier alpha value is -1.92. The first-order valence-electron chi connectivity index (χ1n) is 3.43. The number of H-pyrrole nitrogens is 1. The summed E-state index contributed by atoms with van der Waals surface area (Å²) in [6, 6.07) is 0. The Morgan fingerprint density at radius 3 is 3.08 bits per heavy atom. The van der Waals surface area contributed by atoms with Gasteiger partial charge in [0.2, 0.25) is 0 Å². The smallest absolute Gasteiger partial charge is 0.313 e. The lowest BCUT2D eigenvalue weighted by Crippen LogP contribution is -2.02. The van der Waals surface area contributed by atoms with Gasteiger partial charge in [0.05, 0.1) is 4.92 Å². The minimum Gasteiger partial charge on any atom is -0.458 e. The summed E-state index contributed by atoms with van der Waals surface area (Å²) in [6.45, 7) is 1.74. The van der Waals surface area contributed by atoms with Crippen LogP contribution >= 0.6 is 0 Å². The number of ether oxygens (including phenoxy) is 1. The zero-order valence-corrected chi connectivity index (χ0v) is 6.76. The lowest BCUT2D eigenvalue weighted by atomic mass is 10.2. The van der Waals surface area contributed by atoms with Crippen molar-refractivity contribution in [2.45, 2.75) is 13.0 Å². The van der Waals surface area contributed by atoms with Crippen LogP contribution in [0.5, 0.6) is 0 Å². The van der Waals surface area contributed by atoms with Gasteiger partial charge in [0.25, 0.3) is 6.47 Å². The number of aromatic amines is 1. The predicted octanol–water partition coefficient (Wildman–Crippen LogP) is 0.552. The number of hydrogen-bond donors (Lipinski definition) is 1. The summed E-state index contributed by atoms with van der Waals surface area (Å²) in [5, 5.41) is 16.3. The fraction of sp³-hybridized carbons (Fsp3) is 0.333. The van der Waals surface area contributed by atoms with Gasteiger partial charge in [0.15, 0.2) is 5.69 Å². The van der Waals surface area contributed by atoms with Gasteiger partial charge in [-0.15, -0.1) is 0 Å². The highest BCUT2D eigenvalue weighted by atomic mass is 16.6. The molecule has 0 bridgehead atoms. The number of nitro groups is 1. The van der Waals surface area contributed by atoms with Crippen LogP contribution in [0.1, 0.15) is 18.7 Å². The minimum absolute atomic E-state index is 0.178.